The van der Waals surface area contributed by atoms with Gasteiger partial charge in [-0.1, -0.05) is 25.4 Å². The van der Waals surface area contributed by atoms with E-state index in [1.807, 2.05) is 16.9 Å². The number of aromatic nitrogens is 2. The maximum absolute atomic E-state index is 5.98. The highest BCUT2D eigenvalue weighted by atomic mass is 35.5. The third-order valence-corrected chi connectivity index (χ3v) is 4.99. The molecule has 2 aromatic heterocycles. The van der Waals surface area contributed by atoms with Gasteiger partial charge in [-0.25, -0.2) is 0 Å². The van der Waals surface area contributed by atoms with Crippen molar-refractivity contribution >= 4 is 28.6 Å². The molecular weight excluding hydrogens is 304 g/mol. The minimum atomic E-state index is 0.239. The zero-order chi connectivity index (χ0) is 15.2. The fraction of sp³-hybridized carbons (Fsp3) is 0.533. The normalized spacial score (nSPS) is 12.8. The SMILES string of the molecule is CCN(CC)CCn1cc(NC(C)c2ccc(Cl)s2)cn1. The molecule has 6 heteroatoms. The Balaban J connectivity index is 1.88. The van der Waals surface area contributed by atoms with Gasteiger partial charge in [-0.05, 0) is 32.1 Å². The van der Waals surface area contributed by atoms with Crippen LogP contribution in [0, 0.1) is 0 Å². The van der Waals surface area contributed by atoms with Gasteiger partial charge in [0.25, 0.3) is 0 Å². The third kappa shape index (κ3) is 4.73. The van der Waals surface area contributed by atoms with E-state index in [1.54, 1.807) is 11.3 Å². The molecule has 1 unspecified atom stereocenters. The lowest BCUT2D eigenvalue weighted by Gasteiger charge is -2.17. The molecule has 0 saturated heterocycles. The molecule has 1 atom stereocenters. The van der Waals surface area contributed by atoms with E-state index in [1.165, 1.54) is 4.88 Å². The van der Waals surface area contributed by atoms with E-state index in [0.29, 0.717) is 0 Å². The van der Waals surface area contributed by atoms with Crippen molar-refractivity contribution in [1.82, 2.24) is 14.7 Å². The topological polar surface area (TPSA) is 33.1 Å². The van der Waals surface area contributed by atoms with Gasteiger partial charge in [-0.3, -0.25) is 4.68 Å². The van der Waals surface area contributed by atoms with Crippen molar-refractivity contribution in [3.8, 4) is 0 Å². The van der Waals surface area contributed by atoms with E-state index in [-0.39, 0.29) is 6.04 Å². The first-order chi connectivity index (χ1) is 10.1. The van der Waals surface area contributed by atoms with Gasteiger partial charge in [0.15, 0.2) is 0 Å². The Morgan fingerprint density at radius 1 is 1.38 bits per heavy atom. The Morgan fingerprint density at radius 2 is 2.14 bits per heavy atom. The fourth-order valence-corrected chi connectivity index (χ4v) is 3.29. The van der Waals surface area contributed by atoms with Crippen LogP contribution in [-0.2, 0) is 6.54 Å². The van der Waals surface area contributed by atoms with Crippen molar-refractivity contribution in [3.05, 3.63) is 33.7 Å². The summed E-state index contributed by atoms with van der Waals surface area (Å²) >= 11 is 7.59. The third-order valence-electron chi connectivity index (χ3n) is 3.58. The second-order valence-electron chi connectivity index (χ2n) is 5.03. The summed E-state index contributed by atoms with van der Waals surface area (Å²) in [6.07, 6.45) is 3.95. The highest BCUT2D eigenvalue weighted by Gasteiger charge is 2.09. The van der Waals surface area contributed by atoms with E-state index < -0.39 is 0 Å². The molecule has 0 amide bonds. The molecule has 0 aliphatic heterocycles. The van der Waals surface area contributed by atoms with Crippen LogP contribution in [0.15, 0.2) is 24.5 Å². The van der Waals surface area contributed by atoms with Crippen molar-refractivity contribution in [2.75, 3.05) is 25.0 Å². The molecule has 21 heavy (non-hydrogen) atoms. The second-order valence-corrected chi connectivity index (χ2v) is 6.77. The first-order valence-electron chi connectivity index (χ1n) is 7.39. The number of likely N-dealkylation sites (N-methyl/N-ethyl adjacent to an activating group) is 1. The number of halogens is 1. The molecule has 0 saturated carbocycles. The van der Waals surface area contributed by atoms with Crippen molar-refractivity contribution in [1.29, 1.82) is 0 Å². The summed E-state index contributed by atoms with van der Waals surface area (Å²) in [6, 6.07) is 4.24. The summed E-state index contributed by atoms with van der Waals surface area (Å²) in [6.45, 7) is 10.6. The van der Waals surface area contributed by atoms with Crippen LogP contribution in [-0.4, -0.2) is 34.3 Å². The Kier molecular flexibility index (Phi) is 6.08. The molecule has 0 aromatic carbocycles. The Morgan fingerprint density at radius 3 is 2.76 bits per heavy atom. The lowest BCUT2D eigenvalue weighted by Crippen LogP contribution is -2.27. The van der Waals surface area contributed by atoms with E-state index in [9.17, 15) is 0 Å². The van der Waals surface area contributed by atoms with Gasteiger partial charge in [0, 0.05) is 17.6 Å². The van der Waals surface area contributed by atoms with E-state index in [4.69, 9.17) is 11.6 Å². The number of hydrogen-bond acceptors (Lipinski definition) is 4. The van der Waals surface area contributed by atoms with Gasteiger partial charge in [0.2, 0.25) is 0 Å². The van der Waals surface area contributed by atoms with Crippen LogP contribution in [0.5, 0.6) is 0 Å². The zero-order valence-electron chi connectivity index (χ0n) is 12.8. The molecule has 1 N–H and O–H groups in total. The number of thiophene rings is 1. The fourth-order valence-electron chi connectivity index (χ4n) is 2.23. The summed E-state index contributed by atoms with van der Waals surface area (Å²) in [5.74, 6) is 0. The van der Waals surface area contributed by atoms with Crippen LogP contribution in [0.2, 0.25) is 4.34 Å². The van der Waals surface area contributed by atoms with Gasteiger partial charge in [-0.2, -0.15) is 5.10 Å². The zero-order valence-corrected chi connectivity index (χ0v) is 14.4. The predicted molar refractivity (Wildman–Crippen MR) is 91.4 cm³/mol. The largest absolute Gasteiger partial charge is 0.375 e. The van der Waals surface area contributed by atoms with Gasteiger partial charge in [-0.15, -0.1) is 11.3 Å². The van der Waals surface area contributed by atoms with Gasteiger partial charge in [0.05, 0.1) is 28.8 Å². The molecule has 0 aliphatic carbocycles. The minimum absolute atomic E-state index is 0.239. The molecule has 2 rings (SSSR count). The Hall–Kier alpha value is -1.04. The van der Waals surface area contributed by atoms with Crippen LogP contribution in [0.3, 0.4) is 0 Å². The summed E-state index contributed by atoms with van der Waals surface area (Å²) in [4.78, 5) is 3.63. The number of nitrogens with one attached hydrogen (secondary N) is 1. The molecule has 0 bridgehead atoms. The predicted octanol–water partition coefficient (Wildman–Crippen LogP) is 4.11. The summed E-state index contributed by atoms with van der Waals surface area (Å²) in [5.41, 5.74) is 1.05. The van der Waals surface area contributed by atoms with Crippen LogP contribution < -0.4 is 5.32 Å². The minimum Gasteiger partial charge on any atom is -0.375 e. The summed E-state index contributed by atoms with van der Waals surface area (Å²) in [5, 5.41) is 7.88. The molecule has 0 fully saturated rings. The van der Waals surface area contributed by atoms with Crippen molar-refractivity contribution < 1.29 is 0 Å². The van der Waals surface area contributed by atoms with Crippen LogP contribution in [0.1, 0.15) is 31.7 Å². The van der Waals surface area contributed by atoms with E-state index in [0.717, 1.165) is 36.2 Å². The average molecular weight is 327 g/mol. The molecular formula is C15H23ClN4S. The average Bonchev–Trinajstić information content (AvgIpc) is 3.09. The highest BCUT2D eigenvalue weighted by Crippen LogP contribution is 2.28. The highest BCUT2D eigenvalue weighted by molar-refractivity contribution is 7.16. The van der Waals surface area contributed by atoms with Gasteiger partial charge >= 0.3 is 0 Å². The Labute approximate surface area is 135 Å². The van der Waals surface area contributed by atoms with Crippen LogP contribution in [0.25, 0.3) is 0 Å². The van der Waals surface area contributed by atoms with Crippen molar-refractivity contribution in [2.24, 2.45) is 0 Å². The molecule has 0 aliphatic rings. The van der Waals surface area contributed by atoms with E-state index >= 15 is 0 Å². The molecule has 2 heterocycles. The maximum Gasteiger partial charge on any atom is 0.0932 e. The number of anilines is 1. The molecule has 116 valence electrons. The smallest absolute Gasteiger partial charge is 0.0932 e. The number of nitrogens with zero attached hydrogens (tertiary/aromatic N) is 3. The van der Waals surface area contributed by atoms with Crippen LogP contribution >= 0.6 is 22.9 Å². The lowest BCUT2D eigenvalue weighted by molar-refractivity contribution is 0.285. The standard InChI is InChI=1S/C15H23ClN4S/c1-4-19(5-2)8-9-20-11-13(10-17-20)18-12(3)14-6-7-15(16)21-14/h6-7,10-12,18H,4-5,8-9H2,1-3H3. The molecule has 0 spiro atoms. The summed E-state index contributed by atoms with van der Waals surface area (Å²) < 4.78 is 2.82. The van der Waals surface area contributed by atoms with Crippen molar-refractivity contribution in [2.45, 2.75) is 33.4 Å². The first-order valence-corrected chi connectivity index (χ1v) is 8.58. The Bertz CT molecular complexity index is 547. The quantitative estimate of drug-likeness (QED) is 0.792. The van der Waals surface area contributed by atoms with Gasteiger partial charge in [0.1, 0.15) is 0 Å². The van der Waals surface area contributed by atoms with E-state index in [2.05, 4.69) is 48.3 Å². The molecule has 0 radical (unpaired) electrons. The lowest BCUT2D eigenvalue weighted by atomic mass is 10.3. The molecule has 4 nitrogen and oxygen atoms in total. The van der Waals surface area contributed by atoms with Crippen molar-refractivity contribution in [3.63, 3.8) is 0 Å². The monoisotopic (exact) mass is 326 g/mol. The molecule has 2 aromatic rings. The van der Waals surface area contributed by atoms with Crippen LogP contribution in [0.4, 0.5) is 5.69 Å². The maximum atomic E-state index is 5.98. The number of rotatable bonds is 8. The van der Waals surface area contributed by atoms with Gasteiger partial charge < -0.3 is 10.2 Å². The summed E-state index contributed by atoms with van der Waals surface area (Å²) in [7, 11) is 0. The second kappa shape index (κ2) is 7.82. The first kappa shape index (κ1) is 16.3. The number of hydrogen-bond donors (Lipinski definition) is 1.